The number of benzene rings is 1. The highest BCUT2D eigenvalue weighted by atomic mass is 35.5. The molecule has 768 valence electrons. The first-order valence-corrected chi connectivity index (χ1v) is 48.6. The van der Waals surface area contributed by atoms with E-state index in [0.29, 0.717) is 148 Å². The Kier molecular flexibility index (Phi) is 30.4. The van der Waals surface area contributed by atoms with Gasteiger partial charge in [-0.2, -0.15) is 30.0 Å². The second kappa shape index (κ2) is 43.8. The summed E-state index contributed by atoms with van der Waals surface area (Å²) in [7, 11) is 4.83. The Balaban J connectivity index is 0.000000128. The molecule has 0 aliphatic carbocycles. The second-order valence-corrected chi connectivity index (χ2v) is 36.5. The van der Waals surface area contributed by atoms with Gasteiger partial charge in [0.2, 0.25) is 35.6 Å². The van der Waals surface area contributed by atoms with Crippen LogP contribution in [0.3, 0.4) is 0 Å². The Hall–Kier alpha value is -17.3. The molecule has 5 aliphatic heterocycles. The standard InChI is InChI=1S/C23H26ClN7O2.C22H24ClN7O2.C20H20ClN7O2.C18H12ClN7O2.C17H17ClN8O/c1-5-6-7-17-27-10-14(28-17)8-15-18-20(24)29-23(25)30-21(18)31(22(15)32)11-16-13(3)19(33-4)12(2)9-26-16;1-6-16-26-12(4)14(27-16)7-13-17-19(23)28-22(24)29-20(17)30(21(13)31)9-15-11(3)18(32-5)10(2)8-25-15;1-9-6-24-14(10(2)16(9)30-4)8-28-18-15(17(21)26-20(22)27-18)13(19(28)29)5-12-7-23-11(3)25-12;19-15-14-9(7-12-21-5-6-22-12)17(27)26(16(14)25-18(20)24-15)8-13-23-10-3-1-2-4-11(10)28-13;1-3-25-7-9(2)11(24-25)8-26-15-13(14(18)22-17(19)23-15)10(16(26)27)6-12-20-4-5-21-12/h8-10H,5-7,11H2,1-4H3,(H,27,28)(H2,25,29,30);7-8H,6,9H2,1-5H3,(H,26,27)(H2,24,28,29);5-7H,8H2,1-4H3,(H,23,25)(H2,22,26,27);1-7H,8H2,(H,21,22)(H2,20,24,25);4-7H,3,8H2,1-2H3,(H,20,21)(H2,19,22,23)/b15-8-;13-7-;13-5-;9-7-;10-6-. The van der Waals surface area contributed by atoms with Crippen molar-refractivity contribution in [2.45, 2.75) is 148 Å². The lowest BCUT2D eigenvalue weighted by atomic mass is 10.1. The SMILES string of the molecule is CCCCc1ncc(/C=C2\C(=O)N(Cc3ncc(C)c(OC)c3C)c3nc(N)nc(Cl)c32)[nH]1.CCc1nc(/C=C2\C(=O)N(Cc3ncc(C)c(OC)c3C)c3nc(N)nc(Cl)c32)c(C)[nH]1.CCn1cc(C)c(CN2C(=O)/C(=C\c3ncc[nH]3)c3c(Cl)nc(N)nc32)n1.COc1c(C)cnc(CN2C(=O)/C(=C\c3cnc(C)[nH]3)c3c(Cl)nc(N)nc32)c1C.Nc1nc(Cl)c2c(n1)N(Cc1nc3ccccc3o1)C(=O)/C2=C\c1ncc[nH]1. The van der Waals surface area contributed by atoms with Crippen LogP contribution in [0.5, 0.6) is 17.2 Å². The minimum Gasteiger partial charge on any atom is -0.496 e. The number of para-hydroxylation sites is 2. The molecule has 0 saturated carbocycles. The lowest BCUT2D eigenvalue weighted by Gasteiger charge is -2.19. The number of rotatable bonds is 23. The van der Waals surface area contributed by atoms with Crippen molar-refractivity contribution >= 4 is 216 Å². The normalized spacial score (nSPS) is 14.6. The minimum atomic E-state index is -0.324. The number of fused-ring (bicyclic) bond motifs is 6. The summed E-state index contributed by atoms with van der Waals surface area (Å²) >= 11 is 31.8. The summed E-state index contributed by atoms with van der Waals surface area (Å²) in [6, 6.07) is 7.36. The molecule has 0 saturated heterocycles. The summed E-state index contributed by atoms with van der Waals surface area (Å²) in [5.41, 5.74) is 46.3. The van der Waals surface area contributed by atoms with Crippen molar-refractivity contribution in [1.82, 2.24) is 129 Å². The number of nitrogen functional groups attached to an aromatic ring is 5. The van der Waals surface area contributed by atoms with Crippen LogP contribution in [0.25, 0.3) is 69.3 Å². The van der Waals surface area contributed by atoms with Gasteiger partial charge in [-0.15, -0.1) is 0 Å². The molecule has 5 aliphatic rings. The number of pyridine rings is 3. The monoisotopic (exact) mass is 2120 g/mol. The van der Waals surface area contributed by atoms with Crippen LogP contribution in [-0.2, 0) is 76.1 Å². The van der Waals surface area contributed by atoms with Crippen LogP contribution < -0.4 is 67.4 Å². The third-order valence-electron chi connectivity index (χ3n) is 24.7. The third-order valence-corrected chi connectivity index (χ3v) is 26.1. The van der Waals surface area contributed by atoms with Gasteiger partial charge < -0.3 is 72.2 Å². The van der Waals surface area contributed by atoms with Gasteiger partial charge >= 0.3 is 0 Å². The van der Waals surface area contributed by atoms with E-state index in [1.807, 2.05) is 111 Å². The van der Waals surface area contributed by atoms with Gasteiger partial charge in [0.15, 0.2) is 34.7 Å². The Bertz CT molecular complexity index is 8170. The molecule has 0 unspecified atom stereocenters. The van der Waals surface area contributed by atoms with E-state index in [1.165, 1.54) is 24.5 Å². The Morgan fingerprint density at radius 2 is 0.780 bits per heavy atom. The molecule has 0 atom stereocenters. The van der Waals surface area contributed by atoms with E-state index in [2.05, 4.69) is 132 Å². The Morgan fingerprint density at radius 1 is 0.400 bits per heavy atom. The van der Waals surface area contributed by atoms with E-state index < -0.39 is 0 Å². The third kappa shape index (κ3) is 21.1. The van der Waals surface area contributed by atoms with Crippen LogP contribution in [0, 0.1) is 62.3 Å². The summed E-state index contributed by atoms with van der Waals surface area (Å²) in [5, 5.41) is 5.09. The first-order valence-electron chi connectivity index (χ1n) is 46.7. The van der Waals surface area contributed by atoms with Crippen LogP contribution in [-0.4, -0.2) is 180 Å². The van der Waals surface area contributed by atoms with Gasteiger partial charge in [0.25, 0.3) is 29.5 Å². The van der Waals surface area contributed by atoms with Crippen LogP contribution in [0.2, 0.25) is 25.8 Å². The Morgan fingerprint density at radius 3 is 1.13 bits per heavy atom. The van der Waals surface area contributed by atoms with Crippen molar-refractivity contribution in [2.75, 3.05) is 74.5 Å². The predicted molar refractivity (Wildman–Crippen MR) is 570 cm³/mol. The van der Waals surface area contributed by atoms with Crippen molar-refractivity contribution < 1.29 is 42.6 Å². The maximum atomic E-state index is 13.5. The highest BCUT2D eigenvalue weighted by Crippen LogP contribution is 2.49. The lowest BCUT2D eigenvalue weighted by Crippen LogP contribution is -2.27. The van der Waals surface area contributed by atoms with E-state index in [9.17, 15) is 24.0 Å². The zero-order chi connectivity index (χ0) is 107. The zero-order valence-corrected chi connectivity index (χ0v) is 87.4. The van der Waals surface area contributed by atoms with Crippen molar-refractivity contribution in [3.8, 4) is 17.2 Å². The number of methoxy groups -OCH3 is 3. The minimum absolute atomic E-state index is 0.00612. The van der Waals surface area contributed by atoms with Gasteiger partial charge in [-0.3, -0.25) is 68.1 Å². The maximum absolute atomic E-state index is 13.5. The number of aromatic amines is 5. The fourth-order valence-corrected chi connectivity index (χ4v) is 18.8. The first-order chi connectivity index (χ1) is 71.9. The predicted octanol–water partition coefficient (Wildman–Crippen LogP) is 14.9. The average Bonchev–Trinajstić information content (AvgIpc) is 1.62. The quantitative estimate of drug-likeness (QED) is 0.0210. The molecule has 0 bridgehead atoms. The number of H-pyrrole nitrogens is 5. The molecule has 0 spiro atoms. The van der Waals surface area contributed by atoms with Gasteiger partial charge in [0.05, 0.1) is 155 Å². The number of anilines is 10. The molecule has 0 fully saturated rings. The number of carbonyl (C=O) groups is 5. The largest absolute Gasteiger partial charge is 0.496 e. The number of hydrogen-bond donors (Lipinski definition) is 10. The molecule has 21 rings (SSSR count). The number of aryl methyl sites for hydroxylation is 9. The second-order valence-electron chi connectivity index (χ2n) is 34.7. The van der Waals surface area contributed by atoms with Crippen LogP contribution in [0.1, 0.15) is 181 Å². The number of unbranched alkanes of at least 4 members (excludes halogenated alkanes) is 1. The molecular formula is C100H99Cl5N36O9. The van der Waals surface area contributed by atoms with Gasteiger partial charge in [-0.1, -0.05) is 90.4 Å². The molecule has 0 radical (unpaired) electrons. The molecule has 16 aromatic rings. The number of nitrogens with two attached hydrogens (primary N) is 5. The average molecular weight is 2130 g/mol. The molecule has 5 amide bonds. The zero-order valence-electron chi connectivity index (χ0n) is 83.6. The summed E-state index contributed by atoms with van der Waals surface area (Å²) < 4.78 is 24.1. The first kappa shape index (κ1) is 104. The summed E-state index contributed by atoms with van der Waals surface area (Å²) in [6.07, 6.45) is 29.0. The highest BCUT2D eigenvalue weighted by molar-refractivity contribution is 6.45. The van der Waals surface area contributed by atoms with Gasteiger partial charge in [-0.25, -0.2) is 54.8 Å². The number of nitrogens with zero attached hydrogens (tertiary/aromatic N) is 26. The molecule has 20 heterocycles. The van der Waals surface area contributed by atoms with E-state index in [-0.39, 0.29) is 118 Å². The number of imidazole rings is 5. The Labute approximate surface area is 881 Å². The van der Waals surface area contributed by atoms with E-state index in [0.717, 1.165) is 117 Å². The highest BCUT2D eigenvalue weighted by Gasteiger charge is 2.44. The fraction of sp³-hybridized carbons (Fsp3) is 0.250. The van der Waals surface area contributed by atoms with E-state index >= 15 is 0 Å². The van der Waals surface area contributed by atoms with Crippen LogP contribution in [0.15, 0.2) is 90.7 Å². The molecule has 150 heavy (non-hydrogen) atoms. The van der Waals surface area contributed by atoms with Crippen molar-refractivity contribution in [3.05, 3.63) is 259 Å². The van der Waals surface area contributed by atoms with Crippen molar-refractivity contribution in [2.24, 2.45) is 0 Å². The number of nitrogens with one attached hydrogen (secondary N) is 5. The molecule has 1 aromatic carbocycles. The molecule has 50 heteroatoms. The van der Waals surface area contributed by atoms with E-state index in [4.69, 9.17) is 105 Å². The number of oxazole rings is 1. The fourth-order valence-electron chi connectivity index (χ4n) is 17.5. The maximum Gasteiger partial charge on any atom is 0.260 e. The lowest BCUT2D eigenvalue weighted by molar-refractivity contribution is -0.113. The smallest absolute Gasteiger partial charge is 0.260 e. The van der Waals surface area contributed by atoms with E-state index in [1.54, 1.807) is 107 Å². The number of amides is 5. The molecule has 45 nitrogen and oxygen atoms in total. The summed E-state index contributed by atoms with van der Waals surface area (Å²) in [6.45, 7) is 24.9. The van der Waals surface area contributed by atoms with Crippen LogP contribution in [0.4, 0.5) is 58.8 Å². The van der Waals surface area contributed by atoms with Gasteiger partial charge in [0.1, 0.15) is 84.2 Å². The van der Waals surface area contributed by atoms with Crippen molar-refractivity contribution in [1.29, 1.82) is 0 Å². The van der Waals surface area contributed by atoms with Crippen molar-refractivity contribution in [3.63, 3.8) is 0 Å². The van der Waals surface area contributed by atoms with Gasteiger partial charge in [-0.05, 0) is 124 Å². The number of carbonyl (C=O) groups excluding carboxylic acids is 5. The van der Waals surface area contributed by atoms with Gasteiger partial charge in [0, 0.05) is 108 Å². The molecular weight excluding hydrogens is 2030 g/mol. The van der Waals surface area contributed by atoms with Crippen LogP contribution >= 0.6 is 58.0 Å². The number of hydrogen-bond acceptors (Lipinski definition) is 34. The molecule has 15 aromatic heterocycles. The summed E-state index contributed by atoms with van der Waals surface area (Å²) in [5.74, 6) is 6.34. The summed E-state index contributed by atoms with van der Waals surface area (Å²) in [4.78, 5) is 171. The molecule has 15 N–H and O–H groups in total. The number of halogens is 5. The topological polar surface area (TPSA) is 614 Å². The number of aromatic nitrogens is 26. The number of ether oxygens (including phenoxy) is 3.